The number of halogens is 1. The molecular weight excluding hydrogens is 412 g/mol. The summed E-state index contributed by atoms with van der Waals surface area (Å²) < 4.78 is 0. The second kappa shape index (κ2) is 9.34. The minimum absolute atomic E-state index is 0.0587. The minimum Gasteiger partial charge on any atom is -0.325 e. The molecule has 3 nitrogen and oxygen atoms in total. The molecule has 3 aromatic rings. The summed E-state index contributed by atoms with van der Waals surface area (Å²) in [6.07, 6.45) is 3.77. The van der Waals surface area contributed by atoms with Gasteiger partial charge in [-0.2, -0.15) is 0 Å². The van der Waals surface area contributed by atoms with Crippen LogP contribution < -0.4 is 10.2 Å². The molecule has 1 saturated heterocycles. The normalized spacial score (nSPS) is 15.7. The van der Waals surface area contributed by atoms with Crippen LogP contribution in [-0.2, 0) is 0 Å². The standard InChI is InChI=1S/C25H27ClN2OS/c1-17-18(2)30-25(27-24(29)19-10-5-3-6-11-19)22(17)23(28-14-7-4-8-15-28)20-12-9-13-21(26)16-20/h3,5-6,9-13,16,23H,4,7-8,14-15H2,1-2H3,(H,27,29)/p+1/t23-/m0/s1. The number of likely N-dealkylation sites (tertiary alicyclic amines) is 1. The van der Waals surface area contributed by atoms with Gasteiger partial charge in [-0.05, 0) is 62.9 Å². The van der Waals surface area contributed by atoms with E-state index in [2.05, 4.69) is 31.3 Å². The predicted molar refractivity (Wildman–Crippen MR) is 126 cm³/mol. The van der Waals surface area contributed by atoms with Gasteiger partial charge in [0.05, 0.1) is 18.7 Å². The number of anilines is 1. The highest BCUT2D eigenvalue weighted by atomic mass is 35.5. The number of piperidine rings is 1. The quantitative estimate of drug-likeness (QED) is 0.546. The summed E-state index contributed by atoms with van der Waals surface area (Å²) in [4.78, 5) is 15.7. The zero-order valence-corrected chi connectivity index (χ0v) is 19.1. The van der Waals surface area contributed by atoms with Crippen molar-refractivity contribution >= 4 is 33.8 Å². The highest BCUT2D eigenvalue weighted by molar-refractivity contribution is 7.16. The Bertz CT molecular complexity index is 1020. The molecule has 0 unspecified atom stereocenters. The van der Waals surface area contributed by atoms with Gasteiger partial charge in [-0.25, -0.2) is 0 Å². The number of rotatable bonds is 5. The van der Waals surface area contributed by atoms with Gasteiger partial charge < -0.3 is 10.2 Å². The summed E-state index contributed by atoms with van der Waals surface area (Å²) in [6, 6.07) is 17.8. The monoisotopic (exact) mass is 439 g/mol. The van der Waals surface area contributed by atoms with E-state index in [1.165, 1.54) is 40.8 Å². The van der Waals surface area contributed by atoms with Gasteiger partial charge in [-0.1, -0.05) is 41.9 Å². The molecule has 1 aliphatic heterocycles. The highest BCUT2D eigenvalue weighted by Gasteiger charge is 2.33. The lowest BCUT2D eigenvalue weighted by Gasteiger charge is -2.33. The van der Waals surface area contributed by atoms with E-state index in [1.54, 1.807) is 16.2 Å². The van der Waals surface area contributed by atoms with E-state index in [9.17, 15) is 4.79 Å². The van der Waals surface area contributed by atoms with Crippen LogP contribution in [0.1, 0.15) is 57.2 Å². The molecule has 30 heavy (non-hydrogen) atoms. The first-order valence-electron chi connectivity index (χ1n) is 10.6. The van der Waals surface area contributed by atoms with Gasteiger partial charge in [-0.3, -0.25) is 4.79 Å². The number of hydrogen-bond donors (Lipinski definition) is 2. The van der Waals surface area contributed by atoms with Crippen LogP contribution in [0.2, 0.25) is 5.02 Å². The zero-order valence-electron chi connectivity index (χ0n) is 17.5. The molecular formula is C25H28ClN2OS+. The molecule has 0 saturated carbocycles. The first-order valence-corrected chi connectivity index (χ1v) is 11.8. The number of carbonyl (C=O) groups excluding carboxylic acids is 1. The van der Waals surface area contributed by atoms with Gasteiger partial charge in [0.25, 0.3) is 5.91 Å². The Morgan fingerprint density at radius 2 is 1.77 bits per heavy atom. The molecule has 0 spiro atoms. The van der Waals surface area contributed by atoms with Crippen molar-refractivity contribution in [1.82, 2.24) is 0 Å². The van der Waals surface area contributed by atoms with Crippen molar-refractivity contribution in [1.29, 1.82) is 0 Å². The number of aryl methyl sites for hydroxylation is 1. The first-order chi connectivity index (χ1) is 14.5. The average molecular weight is 440 g/mol. The number of thiophene rings is 1. The molecule has 4 rings (SSSR count). The van der Waals surface area contributed by atoms with Crippen molar-refractivity contribution < 1.29 is 9.69 Å². The van der Waals surface area contributed by atoms with Crippen LogP contribution in [0.4, 0.5) is 5.00 Å². The fourth-order valence-electron chi connectivity index (χ4n) is 4.44. The number of nitrogens with one attached hydrogen (secondary N) is 2. The molecule has 2 heterocycles. The fraction of sp³-hybridized carbons (Fsp3) is 0.320. The lowest BCUT2D eigenvalue weighted by Crippen LogP contribution is -3.13. The topological polar surface area (TPSA) is 33.5 Å². The lowest BCUT2D eigenvalue weighted by molar-refractivity contribution is -0.930. The smallest absolute Gasteiger partial charge is 0.256 e. The highest BCUT2D eigenvalue weighted by Crippen LogP contribution is 2.39. The second-order valence-corrected chi connectivity index (χ2v) is 9.71. The molecule has 0 aliphatic carbocycles. The van der Waals surface area contributed by atoms with E-state index in [0.717, 1.165) is 23.1 Å². The largest absolute Gasteiger partial charge is 0.325 e. The van der Waals surface area contributed by atoms with Crippen LogP contribution in [0, 0.1) is 13.8 Å². The molecule has 1 amide bonds. The van der Waals surface area contributed by atoms with Crippen LogP contribution in [-0.4, -0.2) is 19.0 Å². The Morgan fingerprint density at radius 3 is 2.47 bits per heavy atom. The molecule has 1 atom stereocenters. The third kappa shape index (κ3) is 4.46. The van der Waals surface area contributed by atoms with E-state index in [0.29, 0.717) is 5.56 Å². The van der Waals surface area contributed by atoms with Crippen molar-refractivity contribution in [3.63, 3.8) is 0 Å². The molecule has 1 fully saturated rings. The lowest BCUT2D eigenvalue weighted by atomic mass is 9.93. The van der Waals surface area contributed by atoms with Gasteiger partial charge in [0, 0.05) is 21.0 Å². The second-order valence-electron chi connectivity index (χ2n) is 8.05. The third-order valence-electron chi connectivity index (χ3n) is 6.07. The van der Waals surface area contributed by atoms with E-state index >= 15 is 0 Å². The molecule has 5 heteroatoms. The van der Waals surface area contributed by atoms with Crippen molar-refractivity contribution in [2.75, 3.05) is 18.4 Å². The fourth-order valence-corrected chi connectivity index (χ4v) is 5.73. The van der Waals surface area contributed by atoms with Crippen LogP contribution in [0.3, 0.4) is 0 Å². The number of amides is 1. The third-order valence-corrected chi connectivity index (χ3v) is 7.44. The maximum Gasteiger partial charge on any atom is 0.256 e. The van der Waals surface area contributed by atoms with Crippen molar-refractivity contribution in [2.45, 2.75) is 39.2 Å². The maximum absolute atomic E-state index is 12.9. The Balaban J connectivity index is 1.77. The van der Waals surface area contributed by atoms with Gasteiger partial charge in [0.15, 0.2) is 0 Å². The van der Waals surface area contributed by atoms with Crippen LogP contribution >= 0.6 is 22.9 Å². The summed E-state index contributed by atoms with van der Waals surface area (Å²) in [5.74, 6) is -0.0587. The maximum atomic E-state index is 12.9. The zero-order chi connectivity index (χ0) is 21.1. The van der Waals surface area contributed by atoms with Crippen LogP contribution in [0.15, 0.2) is 54.6 Å². The minimum atomic E-state index is -0.0587. The average Bonchev–Trinajstić information content (AvgIpc) is 3.03. The number of carbonyl (C=O) groups is 1. The Kier molecular flexibility index (Phi) is 6.57. The van der Waals surface area contributed by atoms with Crippen LogP contribution in [0.5, 0.6) is 0 Å². The van der Waals surface area contributed by atoms with E-state index < -0.39 is 0 Å². The summed E-state index contributed by atoms with van der Waals surface area (Å²) in [5, 5.41) is 4.94. The van der Waals surface area contributed by atoms with E-state index in [4.69, 9.17) is 11.6 Å². The summed E-state index contributed by atoms with van der Waals surface area (Å²) in [7, 11) is 0. The van der Waals surface area contributed by atoms with E-state index in [-0.39, 0.29) is 11.9 Å². The first kappa shape index (κ1) is 21.1. The molecule has 1 aromatic heterocycles. The molecule has 1 aliphatic rings. The van der Waals surface area contributed by atoms with Gasteiger partial charge >= 0.3 is 0 Å². The van der Waals surface area contributed by atoms with Gasteiger partial charge in [0.1, 0.15) is 11.0 Å². The summed E-state index contributed by atoms with van der Waals surface area (Å²) in [6.45, 7) is 6.59. The number of hydrogen-bond acceptors (Lipinski definition) is 2. The van der Waals surface area contributed by atoms with Crippen molar-refractivity contribution in [3.8, 4) is 0 Å². The SMILES string of the molecule is Cc1sc(NC(=O)c2ccccc2)c([C@H](c2cccc(Cl)c2)[NH+]2CCCCC2)c1C. The Hall–Kier alpha value is -2.14. The Morgan fingerprint density at radius 1 is 1.03 bits per heavy atom. The molecule has 2 N–H and O–H groups in total. The predicted octanol–water partition coefficient (Wildman–Crippen LogP) is 5.43. The molecule has 0 radical (unpaired) electrons. The number of benzene rings is 2. The summed E-state index contributed by atoms with van der Waals surface area (Å²) >= 11 is 8.06. The van der Waals surface area contributed by atoms with Crippen molar-refractivity contribution in [3.05, 3.63) is 86.8 Å². The molecule has 2 aromatic carbocycles. The molecule has 156 valence electrons. The van der Waals surface area contributed by atoms with E-state index in [1.807, 2.05) is 42.5 Å². The molecule has 0 bridgehead atoms. The van der Waals surface area contributed by atoms with Crippen molar-refractivity contribution in [2.24, 2.45) is 0 Å². The Labute approximate surface area is 187 Å². The van der Waals surface area contributed by atoms with Gasteiger partial charge in [-0.15, -0.1) is 11.3 Å². The number of quaternary nitrogens is 1. The summed E-state index contributed by atoms with van der Waals surface area (Å²) in [5.41, 5.74) is 4.40. The van der Waals surface area contributed by atoms with Gasteiger partial charge in [0.2, 0.25) is 0 Å². The van der Waals surface area contributed by atoms with Crippen LogP contribution in [0.25, 0.3) is 0 Å².